The normalized spacial score (nSPS) is 11.6. The van der Waals surface area contributed by atoms with Crippen LogP contribution in [0, 0.1) is 0 Å². The third-order valence-corrected chi connectivity index (χ3v) is 4.05. The number of ether oxygens (including phenoxy) is 1. The van der Waals surface area contributed by atoms with Crippen molar-refractivity contribution in [1.29, 1.82) is 0 Å². The minimum Gasteiger partial charge on any atom is -0.497 e. The highest BCUT2D eigenvalue weighted by molar-refractivity contribution is 5.91. The number of carbonyl (C=O) groups is 1. The molecule has 0 bridgehead atoms. The van der Waals surface area contributed by atoms with Crippen LogP contribution in [0.2, 0.25) is 0 Å². The minimum atomic E-state index is -0.243. The number of rotatable bonds is 5. The van der Waals surface area contributed by atoms with E-state index in [0.717, 1.165) is 22.2 Å². The molecule has 0 atom stereocenters. The maximum absolute atomic E-state index is 12.1. The van der Waals surface area contributed by atoms with Gasteiger partial charge in [-0.2, -0.15) is 0 Å². The van der Waals surface area contributed by atoms with Gasteiger partial charge in [0.05, 0.1) is 13.4 Å². The summed E-state index contributed by atoms with van der Waals surface area (Å²) in [6.07, 6.45) is 3.48. The summed E-state index contributed by atoms with van der Waals surface area (Å²) < 4.78 is 10.4. The van der Waals surface area contributed by atoms with Crippen molar-refractivity contribution in [2.45, 2.75) is 19.3 Å². The van der Waals surface area contributed by atoms with Crippen molar-refractivity contribution in [2.75, 3.05) is 13.7 Å². The number of hydrogen-bond acceptors (Lipinski definition) is 3. The van der Waals surface area contributed by atoms with Gasteiger partial charge in [0, 0.05) is 29.1 Å². The molecule has 0 spiro atoms. The Hall–Kier alpha value is -2.69. The number of methoxy groups -OCH3 is 1. The van der Waals surface area contributed by atoms with E-state index in [1.165, 1.54) is 6.26 Å². The predicted molar refractivity (Wildman–Crippen MR) is 88.9 cm³/mol. The van der Waals surface area contributed by atoms with Gasteiger partial charge in [-0.3, -0.25) is 4.79 Å². The number of amides is 1. The second-order valence-electron chi connectivity index (χ2n) is 6.16. The number of hydrogen-bond donors (Lipinski definition) is 2. The van der Waals surface area contributed by atoms with Crippen LogP contribution in [-0.4, -0.2) is 24.5 Å². The number of H-pyrrole nitrogens is 1. The summed E-state index contributed by atoms with van der Waals surface area (Å²) in [5.41, 5.74) is 1.93. The Morgan fingerprint density at radius 2 is 2.17 bits per heavy atom. The minimum absolute atomic E-state index is 0.208. The van der Waals surface area contributed by atoms with Crippen LogP contribution in [0.1, 0.15) is 30.0 Å². The van der Waals surface area contributed by atoms with E-state index in [4.69, 9.17) is 9.15 Å². The van der Waals surface area contributed by atoms with Crippen LogP contribution in [0.3, 0.4) is 0 Å². The smallest absolute Gasteiger partial charge is 0.287 e. The van der Waals surface area contributed by atoms with Crippen molar-refractivity contribution in [1.82, 2.24) is 10.3 Å². The molecule has 0 saturated heterocycles. The third-order valence-electron chi connectivity index (χ3n) is 4.05. The highest BCUT2D eigenvalue weighted by Gasteiger charge is 2.25. The molecule has 2 N–H and O–H groups in total. The van der Waals surface area contributed by atoms with E-state index in [-0.39, 0.29) is 11.3 Å². The summed E-state index contributed by atoms with van der Waals surface area (Å²) in [5.74, 6) is 0.927. The maximum Gasteiger partial charge on any atom is 0.287 e. The first kappa shape index (κ1) is 15.2. The van der Waals surface area contributed by atoms with Crippen molar-refractivity contribution in [3.05, 3.63) is 54.1 Å². The SMILES string of the molecule is COc1ccc2[nH]cc(C(C)(C)CNC(=O)c3ccco3)c2c1. The van der Waals surface area contributed by atoms with Crippen LogP contribution >= 0.6 is 0 Å². The average Bonchev–Trinajstić information content (AvgIpc) is 3.21. The number of fused-ring (bicyclic) bond motifs is 1. The molecular formula is C18H20N2O3. The van der Waals surface area contributed by atoms with E-state index in [1.54, 1.807) is 19.2 Å². The molecule has 0 radical (unpaired) electrons. The molecule has 3 aromatic rings. The number of benzene rings is 1. The molecule has 120 valence electrons. The van der Waals surface area contributed by atoms with Gasteiger partial charge in [-0.05, 0) is 35.9 Å². The highest BCUT2D eigenvalue weighted by Crippen LogP contribution is 2.32. The highest BCUT2D eigenvalue weighted by atomic mass is 16.5. The van der Waals surface area contributed by atoms with E-state index in [1.807, 2.05) is 24.4 Å². The lowest BCUT2D eigenvalue weighted by Gasteiger charge is -2.24. The Balaban J connectivity index is 1.83. The molecule has 0 aliphatic heterocycles. The molecular weight excluding hydrogens is 292 g/mol. The second kappa shape index (κ2) is 5.83. The van der Waals surface area contributed by atoms with Crippen LogP contribution in [0.5, 0.6) is 5.75 Å². The van der Waals surface area contributed by atoms with Crippen molar-refractivity contribution in [2.24, 2.45) is 0 Å². The quantitative estimate of drug-likeness (QED) is 0.758. The van der Waals surface area contributed by atoms with Gasteiger partial charge >= 0.3 is 0 Å². The van der Waals surface area contributed by atoms with Gasteiger partial charge in [-0.1, -0.05) is 13.8 Å². The third kappa shape index (κ3) is 2.95. The van der Waals surface area contributed by atoms with Gasteiger partial charge in [-0.25, -0.2) is 0 Å². The molecule has 5 heteroatoms. The Morgan fingerprint density at radius 3 is 2.87 bits per heavy atom. The van der Waals surface area contributed by atoms with Crippen LogP contribution in [0.15, 0.2) is 47.2 Å². The topological polar surface area (TPSA) is 67.3 Å². The van der Waals surface area contributed by atoms with E-state index in [0.29, 0.717) is 12.3 Å². The van der Waals surface area contributed by atoms with Crippen molar-refractivity contribution in [3.8, 4) is 5.75 Å². The fourth-order valence-electron chi connectivity index (χ4n) is 2.68. The standard InChI is InChI=1S/C18H20N2O3/c1-18(2,11-20-17(21)16-5-4-8-23-16)14-10-19-15-7-6-12(22-3)9-13(14)15/h4-10,19H,11H2,1-3H3,(H,20,21). The van der Waals surface area contributed by atoms with E-state index < -0.39 is 0 Å². The number of aromatic nitrogens is 1. The lowest BCUT2D eigenvalue weighted by molar-refractivity contribution is 0.0918. The Kier molecular flexibility index (Phi) is 3.86. The molecule has 5 nitrogen and oxygen atoms in total. The maximum atomic E-state index is 12.1. The Bertz CT molecular complexity index is 816. The van der Waals surface area contributed by atoms with Crippen LogP contribution in [0.4, 0.5) is 0 Å². The van der Waals surface area contributed by atoms with Crippen LogP contribution < -0.4 is 10.1 Å². The zero-order valence-corrected chi connectivity index (χ0v) is 13.5. The van der Waals surface area contributed by atoms with Crippen LogP contribution in [0.25, 0.3) is 10.9 Å². The first-order chi connectivity index (χ1) is 11.0. The van der Waals surface area contributed by atoms with E-state index >= 15 is 0 Å². The van der Waals surface area contributed by atoms with Crippen molar-refractivity contribution >= 4 is 16.8 Å². The van der Waals surface area contributed by atoms with Gasteiger partial charge < -0.3 is 19.5 Å². The second-order valence-corrected chi connectivity index (χ2v) is 6.16. The largest absolute Gasteiger partial charge is 0.497 e. The van der Waals surface area contributed by atoms with Gasteiger partial charge in [0.1, 0.15) is 5.75 Å². The Labute approximate surface area is 134 Å². The fourth-order valence-corrected chi connectivity index (χ4v) is 2.68. The molecule has 1 amide bonds. The van der Waals surface area contributed by atoms with Gasteiger partial charge in [0.15, 0.2) is 5.76 Å². The molecule has 0 aliphatic rings. The molecule has 3 rings (SSSR count). The summed E-state index contributed by atoms with van der Waals surface area (Å²) >= 11 is 0. The number of aromatic amines is 1. The summed E-state index contributed by atoms with van der Waals surface area (Å²) in [6.45, 7) is 4.69. The lowest BCUT2D eigenvalue weighted by Crippen LogP contribution is -2.36. The molecule has 2 heterocycles. The van der Waals surface area contributed by atoms with E-state index in [9.17, 15) is 4.79 Å². The zero-order valence-electron chi connectivity index (χ0n) is 13.5. The average molecular weight is 312 g/mol. The molecule has 1 aromatic carbocycles. The molecule has 2 aromatic heterocycles. The summed E-state index contributed by atoms with van der Waals surface area (Å²) in [4.78, 5) is 15.3. The first-order valence-electron chi connectivity index (χ1n) is 7.48. The number of furan rings is 1. The lowest BCUT2D eigenvalue weighted by atomic mass is 9.84. The van der Waals surface area contributed by atoms with Gasteiger partial charge in [0.25, 0.3) is 5.91 Å². The summed E-state index contributed by atoms with van der Waals surface area (Å²) in [5, 5.41) is 4.03. The van der Waals surface area contributed by atoms with Crippen LogP contribution in [-0.2, 0) is 5.41 Å². The first-order valence-corrected chi connectivity index (χ1v) is 7.48. The monoisotopic (exact) mass is 312 g/mol. The summed E-state index contributed by atoms with van der Waals surface area (Å²) in [7, 11) is 1.65. The van der Waals surface area contributed by atoms with Crippen molar-refractivity contribution < 1.29 is 13.9 Å². The van der Waals surface area contributed by atoms with Gasteiger partial charge in [-0.15, -0.1) is 0 Å². The van der Waals surface area contributed by atoms with Gasteiger partial charge in [0.2, 0.25) is 0 Å². The fraction of sp³-hybridized carbons (Fsp3) is 0.278. The number of nitrogens with one attached hydrogen (secondary N) is 2. The molecule has 0 fully saturated rings. The molecule has 0 saturated carbocycles. The molecule has 0 aliphatic carbocycles. The Morgan fingerprint density at radius 1 is 1.35 bits per heavy atom. The number of carbonyl (C=O) groups excluding carboxylic acids is 1. The summed E-state index contributed by atoms with van der Waals surface area (Å²) in [6, 6.07) is 9.28. The van der Waals surface area contributed by atoms with Crippen molar-refractivity contribution in [3.63, 3.8) is 0 Å². The zero-order chi connectivity index (χ0) is 16.4. The molecule has 0 unspecified atom stereocenters. The van der Waals surface area contributed by atoms with E-state index in [2.05, 4.69) is 24.1 Å². The predicted octanol–water partition coefficient (Wildman–Crippen LogP) is 3.48. The molecule has 23 heavy (non-hydrogen) atoms.